The molecule has 2 fully saturated rings. The van der Waals surface area contributed by atoms with Gasteiger partial charge in [0.2, 0.25) is 0 Å². The molecule has 0 bridgehead atoms. The monoisotopic (exact) mass is 467 g/mol. The summed E-state index contributed by atoms with van der Waals surface area (Å²) in [5.41, 5.74) is 1.47. The second-order valence-corrected chi connectivity index (χ2v) is 8.77. The van der Waals surface area contributed by atoms with Crippen LogP contribution in [0.3, 0.4) is 0 Å². The predicted molar refractivity (Wildman–Crippen MR) is 119 cm³/mol. The zero-order valence-electron chi connectivity index (χ0n) is 18.9. The Morgan fingerprint density at radius 2 is 1.91 bits per heavy atom. The molecule has 0 radical (unpaired) electrons. The molecule has 34 heavy (non-hydrogen) atoms. The SMILES string of the molecule is Cc1nonc1COc1ccccc1C(=O)N1CCC2(CC1)CC(Oc1ccc(F)cc1)CO2. The summed E-state index contributed by atoms with van der Waals surface area (Å²) < 4.78 is 35.8. The quantitative estimate of drug-likeness (QED) is 0.543. The van der Waals surface area contributed by atoms with E-state index < -0.39 is 0 Å². The number of carbonyl (C=O) groups is 1. The van der Waals surface area contributed by atoms with E-state index in [-0.39, 0.29) is 30.0 Å². The lowest BCUT2D eigenvalue weighted by molar-refractivity contribution is -0.0396. The Bertz CT molecular complexity index is 1140. The predicted octanol–water partition coefficient (Wildman–Crippen LogP) is 3.94. The van der Waals surface area contributed by atoms with Gasteiger partial charge in [-0.15, -0.1) is 0 Å². The maximum atomic E-state index is 13.3. The van der Waals surface area contributed by atoms with Gasteiger partial charge in [0.25, 0.3) is 5.91 Å². The number of ether oxygens (including phenoxy) is 3. The van der Waals surface area contributed by atoms with Crippen LogP contribution in [0.25, 0.3) is 0 Å². The lowest BCUT2D eigenvalue weighted by Crippen LogP contribution is -2.46. The number of aryl methyl sites for hydroxylation is 1. The van der Waals surface area contributed by atoms with Gasteiger partial charge in [0.1, 0.15) is 41.4 Å². The maximum Gasteiger partial charge on any atom is 0.257 e. The number of benzene rings is 2. The number of halogens is 1. The lowest BCUT2D eigenvalue weighted by atomic mass is 9.87. The summed E-state index contributed by atoms with van der Waals surface area (Å²) in [7, 11) is 0. The topological polar surface area (TPSA) is 86.9 Å². The Kier molecular flexibility index (Phi) is 6.19. The summed E-state index contributed by atoms with van der Waals surface area (Å²) in [4.78, 5) is 15.1. The van der Waals surface area contributed by atoms with E-state index in [1.165, 1.54) is 12.1 Å². The van der Waals surface area contributed by atoms with E-state index >= 15 is 0 Å². The highest BCUT2D eigenvalue weighted by Gasteiger charge is 2.44. The molecule has 1 aromatic heterocycles. The normalized spacial score (nSPS) is 19.4. The molecule has 2 aliphatic rings. The van der Waals surface area contributed by atoms with Crippen molar-refractivity contribution in [2.24, 2.45) is 0 Å². The van der Waals surface area contributed by atoms with Crippen molar-refractivity contribution in [1.29, 1.82) is 0 Å². The second-order valence-electron chi connectivity index (χ2n) is 8.77. The van der Waals surface area contributed by atoms with Crippen LogP contribution in [-0.4, -0.2) is 52.5 Å². The molecule has 9 heteroatoms. The van der Waals surface area contributed by atoms with Gasteiger partial charge in [-0.05, 0) is 56.2 Å². The van der Waals surface area contributed by atoms with Crippen molar-refractivity contribution in [3.05, 3.63) is 71.3 Å². The van der Waals surface area contributed by atoms with Crippen molar-refractivity contribution >= 4 is 5.91 Å². The van der Waals surface area contributed by atoms with E-state index in [2.05, 4.69) is 10.3 Å². The van der Waals surface area contributed by atoms with Crippen molar-refractivity contribution in [2.45, 2.75) is 44.5 Å². The molecule has 5 rings (SSSR count). The third-order valence-electron chi connectivity index (χ3n) is 6.48. The van der Waals surface area contributed by atoms with E-state index in [0.717, 1.165) is 19.3 Å². The van der Waals surface area contributed by atoms with Gasteiger partial charge in [-0.3, -0.25) is 4.79 Å². The smallest absolute Gasteiger partial charge is 0.257 e. The minimum Gasteiger partial charge on any atom is -0.488 e. The number of amides is 1. The van der Waals surface area contributed by atoms with Crippen LogP contribution in [0, 0.1) is 12.7 Å². The Balaban J connectivity index is 1.18. The molecule has 0 N–H and O–H groups in total. The van der Waals surface area contributed by atoms with Crippen molar-refractivity contribution in [3.63, 3.8) is 0 Å². The first-order chi connectivity index (χ1) is 16.5. The molecule has 2 aliphatic heterocycles. The Morgan fingerprint density at radius 3 is 2.65 bits per heavy atom. The molecule has 1 spiro atoms. The van der Waals surface area contributed by atoms with Gasteiger partial charge in [-0.2, -0.15) is 0 Å². The van der Waals surface area contributed by atoms with Crippen molar-refractivity contribution in [1.82, 2.24) is 15.2 Å². The minimum atomic E-state index is -0.297. The van der Waals surface area contributed by atoms with Gasteiger partial charge in [-0.25, -0.2) is 9.02 Å². The molecular weight excluding hydrogens is 441 g/mol. The largest absolute Gasteiger partial charge is 0.488 e. The number of nitrogens with zero attached hydrogens (tertiary/aromatic N) is 3. The van der Waals surface area contributed by atoms with Gasteiger partial charge in [0.05, 0.1) is 17.8 Å². The van der Waals surface area contributed by atoms with Crippen molar-refractivity contribution in [2.75, 3.05) is 19.7 Å². The Morgan fingerprint density at radius 1 is 1.15 bits per heavy atom. The van der Waals surface area contributed by atoms with Gasteiger partial charge in [0.15, 0.2) is 0 Å². The summed E-state index contributed by atoms with van der Waals surface area (Å²) in [5, 5.41) is 7.57. The summed E-state index contributed by atoms with van der Waals surface area (Å²) in [5.74, 6) is 0.770. The number of carbonyl (C=O) groups excluding carboxylic acids is 1. The molecule has 3 aromatic rings. The number of rotatable bonds is 6. The first kappa shape index (κ1) is 22.3. The van der Waals surface area contributed by atoms with Gasteiger partial charge in [0, 0.05) is 19.5 Å². The van der Waals surface area contributed by atoms with Crippen LogP contribution >= 0.6 is 0 Å². The van der Waals surface area contributed by atoms with E-state index in [1.54, 1.807) is 31.2 Å². The molecule has 0 saturated carbocycles. The average Bonchev–Trinajstić information content (AvgIpc) is 3.45. The number of aromatic nitrogens is 2. The lowest BCUT2D eigenvalue weighted by Gasteiger charge is -2.38. The van der Waals surface area contributed by atoms with Crippen LogP contribution < -0.4 is 9.47 Å². The van der Waals surface area contributed by atoms with Gasteiger partial charge >= 0.3 is 0 Å². The van der Waals surface area contributed by atoms with Crippen LogP contribution in [0.1, 0.15) is 41.0 Å². The van der Waals surface area contributed by atoms with Gasteiger partial charge in [-0.1, -0.05) is 22.4 Å². The number of hydrogen-bond donors (Lipinski definition) is 0. The first-order valence-electron chi connectivity index (χ1n) is 11.4. The van der Waals surface area contributed by atoms with E-state index in [4.69, 9.17) is 18.8 Å². The third kappa shape index (κ3) is 4.75. The molecule has 2 saturated heterocycles. The molecule has 8 nitrogen and oxygen atoms in total. The Labute approximate surface area is 196 Å². The molecule has 2 aromatic carbocycles. The summed E-state index contributed by atoms with van der Waals surface area (Å²) in [6, 6.07) is 13.2. The fourth-order valence-electron chi connectivity index (χ4n) is 4.52. The third-order valence-corrected chi connectivity index (χ3v) is 6.48. The average molecular weight is 467 g/mol. The number of hydrogen-bond acceptors (Lipinski definition) is 7. The summed E-state index contributed by atoms with van der Waals surface area (Å²) >= 11 is 0. The van der Waals surface area contributed by atoms with Crippen molar-refractivity contribution < 1.29 is 28.0 Å². The molecule has 1 atom stereocenters. The zero-order chi connectivity index (χ0) is 23.5. The van der Waals surface area contributed by atoms with E-state index in [0.29, 0.717) is 48.1 Å². The Hall–Kier alpha value is -3.46. The molecule has 1 amide bonds. The fourth-order valence-corrected chi connectivity index (χ4v) is 4.52. The maximum absolute atomic E-state index is 13.3. The van der Waals surface area contributed by atoms with E-state index in [1.807, 2.05) is 17.0 Å². The zero-order valence-corrected chi connectivity index (χ0v) is 18.9. The molecule has 0 aliphatic carbocycles. The number of likely N-dealkylation sites (tertiary alicyclic amines) is 1. The van der Waals surface area contributed by atoms with Crippen LogP contribution in [0.5, 0.6) is 11.5 Å². The summed E-state index contributed by atoms with van der Waals surface area (Å²) in [6.45, 7) is 3.62. The highest BCUT2D eigenvalue weighted by Crippen LogP contribution is 2.38. The highest BCUT2D eigenvalue weighted by molar-refractivity contribution is 5.97. The van der Waals surface area contributed by atoms with Crippen LogP contribution in [-0.2, 0) is 11.3 Å². The second kappa shape index (κ2) is 9.42. The van der Waals surface area contributed by atoms with Gasteiger partial charge < -0.3 is 19.1 Å². The molecule has 1 unspecified atom stereocenters. The first-order valence-corrected chi connectivity index (χ1v) is 11.4. The molecule has 3 heterocycles. The molecular formula is C25H26FN3O5. The molecule has 178 valence electrons. The number of piperidine rings is 1. The van der Waals surface area contributed by atoms with Crippen LogP contribution in [0.4, 0.5) is 4.39 Å². The number of para-hydroxylation sites is 1. The minimum absolute atomic E-state index is 0.0717. The fraction of sp³-hybridized carbons (Fsp3) is 0.400. The highest BCUT2D eigenvalue weighted by atomic mass is 19.1. The standard InChI is InChI=1S/C25H26FN3O5/c1-17-22(28-34-27-17)16-31-23-5-3-2-4-21(23)24(30)29-12-10-25(11-13-29)14-20(15-32-25)33-19-8-6-18(26)7-9-19/h2-9,20H,10-16H2,1H3. The van der Waals surface area contributed by atoms with Crippen LogP contribution in [0.15, 0.2) is 53.2 Å². The summed E-state index contributed by atoms with van der Waals surface area (Å²) in [6.07, 6.45) is 2.12. The van der Waals surface area contributed by atoms with Crippen LogP contribution in [0.2, 0.25) is 0 Å². The van der Waals surface area contributed by atoms with Crippen molar-refractivity contribution in [3.8, 4) is 11.5 Å². The van der Waals surface area contributed by atoms with E-state index in [9.17, 15) is 9.18 Å².